The van der Waals surface area contributed by atoms with Crippen molar-refractivity contribution in [2.45, 2.75) is 32.7 Å². The summed E-state index contributed by atoms with van der Waals surface area (Å²) in [4.78, 5) is 11.8. The van der Waals surface area contributed by atoms with Crippen molar-refractivity contribution < 1.29 is 17.8 Å². The Morgan fingerprint density at radius 2 is 2.20 bits per heavy atom. The van der Waals surface area contributed by atoms with Gasteiger partial charge in [-0.1, -0.05) is 13.8 Å². The van der Waals surface area contributed by atoms with Crippen LogP contribution in [0.25, 0.3) is 5.52 Å². The molecule has 8 nitrogen and oxygen atoms in total. The van der Waals surface area contributed by atoms with Gasteiger partial charge >= 0.3 is 0 Å². The zero-order chi connectivity index (χ0) is 18.4. The molecule has 2 aromatic heterocycles. The molecule has 0 aromatic carbocycles. The van der Waals surface area contributed by atoms with Crippen molar-refractivity contribution in [3.05, 3.63) is 30.1 Å². The fourth-order valence-electron chi connectivity index (χ4n) is 3.71. The van der Waals surface area contributed by atoms with Crippen molar-refractivity contribution in [3.63, 3.8) is 0 Å². The molecular formula is C16H22N4O4S. The van der Waals surface area contributed by atoms with Crippen molar-refractivity contribution in [1.82, 2.24) is 9.61 Å². The van der Waals surface area contributed by atoms with Gasteiger partial charge < -0.3 is 11.1 Å². The van der Waals surface area contributed by atoms with E-state index in [2.05, 4.69) is 10.4 Å². The van der Waals surface area contributed by atoms with Gasteiger partial charge in [-0.2, -0.15) is 13.5 Å². The third-order valence-corrected chi connectivity index (χ3v) is 6.14. The second kappa shape index (κ2) is 5.99. The summed E-state index contributed by atoms with van der Waals surface area (Å²) in [7, 11) is -4.04. The fourth-order valence-corrected chi connectivity index (χ4v) is 4.82. The normalized spacial score (nSPS) is 23.0. The molecule has 3 rings (SSSR count). The smallest absolute Gasteiger partial charge is 0.265 e. The average Bonchev–Trinajstić information content (AvgIpc) is 3.05. The Hall–Kier alpha value is -2.13. The Kier molecular flexibility index (Phi) is 4.24. The van der Waals surface area contributed by atoms with E-state index in [1.54, 1.807) is 10.7 Å². The number of primary amides is 1. The minimum Gasteiger partial charge on any atom is -0.379 e. The van der Waals surface area contributed by atoms with E-state index in [4.69, 9.17) is 5.73 Å². The lowest BCUT2D eigenvalue weighted by Gasteiger charge is -2.34. The molecule has 2 atom stereocenters. The van der Waals surface area contributed by atoms with Gasteiger partial charge in [0.25, 0.3) is 16.0 Å². The first-order valence-electron chi connectivity index (χ1n) is 8.07. The number of anilines is 1. The molecule has 2 aromatic rings. The van der Waals surface area contributed by atoms with Gasteiger partial charge in [0, 0.05) is 12.2 Å². The maximum Gasteiger partial charge on any atom is 0.265 e. The predicted molar refractivity (Wildman–Crippen MR) is 94.0 cm³/mol. The van der Waals surface area contributed by atoms with E-state index < -0.39 is 21.4 Å². The van der Waals surface area contributed by atoms with E-state index >= 15 is 0 Å². The first-order valence-corrected chi connectivity index (χ1v) is 9.68. The third kappa shape index (κ3) is 3.34. The van der Waals surface area contributed by atoms with Crippen molar-refractivity contribution in [1.29, 1.82) is 0 Å². The van der Waals surface area contributed by atoms with Gasteiger partial charge in [0.05, 0.1) is 28.7 Å². The molecule has 4 N–H and O–H groups in total. The Morgan fingerprint density at radius 1 is 1.48 bits per heavy atom. The van der Waals surface area contributed by atoms with Gasteiger partial charge in [0.2, 0.25) is 0 Å². The quantitative estimate of drug-likeness (QED) is 0.689. The average molecular weight is 366 g/mol. The number of carbonyl (C=O) groups is 1. The highest BCUT2D eigenvalue weighted by Crippen LogP contribution is 2.45. The van der Waals surface area contributed by atoms with Gasteiger partial charge in [-0.15, -0.1) is 0 Å². The predicted octanol–water partition coefficient (Wildman–Crippen LogP) is 1.54. The van der Waals surface area contributed by atoms with Crippen LogP contribution in [0.2, 0.25) is 0 Å². The van der Waals surface area contributed by atoms with Gasteiger partial charge in [-0.25, -0.2) is 4.52 Å². The number of nitrogens with zero attached hydrogens (tertiary/aromatic N) is 2. The molecule has 1 aliphatic carbocycles. The monoisotopic (exact) mass is 366 g/mol. The second-order valence-corrected chi connectivity index (χ2v) is 8.67. The van der Waals surface area contributed by atoms with Crippen LogP contribution in [0.3, 0.4) is 0 Å². The summed E-state index contributed by atoms with van der Waals surface area (Å²) in [5, 5.41) is 7.55. The van der Waals surface area contributed by atoms with E-state index in [0.717, 1.165) is 11.9 Å². The lowest BCUT2D eigenvalue weighted by Crippen LogP contribution is -2.38. The van der Waals surface area contributed by atoms with Crippen LogP contribution in [-0.2, 0) is 10.1 Å². The van der Waals surface area contributed by atoms with Crippen LogP contribution in [0.15, 0.2) is 24.5 Å². The molecule has 1 saturated carbocycles. The molecule has 1 aliphatic rings. The number of rotatable bonds is 5. The molecule has 2 heterocycles. The third-order valence-electron chi connectivity index (χ3n) is 5.31. The highest BCUT2D eigenvalue weighted by molar-refractivity contribution is 7.85. The first-order chi connectivity index (χ1) is 11.6. The van der Waals surface area contributed by atoms with E-state index in [1.165, 1.54) is 6.20 Å². The molecule has 0 radical (unpaired) electrons. The zero-order valence-electron chi connectivity index (χ0n) is 14.1. The van der Waals surface area contributed by atoms with Crippen LogP contribution in [0.4, 0.5) is 5.69 Å². The molecule has 0 aliphatic heterocycles. The minimum atomic E-state index is -4.04. The molecule has 25 heavy (non-hydrogen) atoms. The fraction of sp³-hybridized carbons (Fsp3) is 0.500. The van der Waals surface area contributed by atoms with Crippen molar-refractivity contribution in [3.8, 4) is 0 Å². The van der Waals surface area contributed by atoms with Crippen molar-refractivity contribution >= 4 is 27.2 Å². The van der Waals surface area contributed by atoms with Crippen LogP contribution in [-0.4, -0.2) is 40.3 Å². The largest absolute Gasteiger partial charge is 0.379 e. The highest BCUT2D eigenvalue weighted by atomic mass is 32.2. The lowest BCUT2D eigenvalue weighted by atomic mass is 9.80. The summed E-state index contributed by atoms with van der Waals surface area (Å²) < 4.78 is 33.4. The Morgan fingerprint density at radius 3 is 2.84 bits per heavy atom. The summed E-state index contributed by atoms with van der Waals surface area (Å²) in [6.45, 7) is 3.93. The standard InChI is InChI=1S/C16H22N4O4S/c1-16(2)10(9-25(22,23)24)5-6-13(16)19-14-11(15(17)21)8-18-20-7-3-4-12(14)20/h3-4,7-8,10,13,19H,5-6,9H2,1-2H3,(H2,17,21)(H,22,23,24)/t10-,13-/m0/s1. The molecule has 0 bridgehead atoms. The molecule has 1 amide bonds. The summed E-state index contributed by atoms with van der Waals surface area (Å²) in [5.41, 5.74) is 6.71. The molecule has 9 heteroatoms. The number of aromatic nitrogens is 2. The molecule has 0 unspecified atom stereocenters. The second-order valence-electron chi connectivity index (χ2n) is 7.18. The number of carbonyl (C=O) groups excluding carboxylic acids is 1. The first kappa shape index (κ1) is 17.7. The number of nitrogens with one attached hydrogen (secondary N) is 1. The van der Waals surface area contributed by atoms with Gasteiger partial charge in [0.15, 0.2) is 0 Å². The Bertz CT molecular complexity index is 919. The van der Waals surface area contributed by atoms with E-state index in [1.807, 2.05) is 26.0 Å². The number of nitrogens with two attached hydrogens (primary N) is 1. The van der Waals surface area contributed by atoms with Crippen molar-refractivity contribution in [2.24, 2.45) is 17.1 Å². The summed E-state index contributed by atoms with van der Waals surface area (Å²) in [6.07, 6.45) is 4.58. The Labute approximate surface area is 146 Å². The number of fused-ring (bicyclic) bond motifs is 1. The molecule has 136 valence electrons. The SMILES string of the molecule is CC1(C)[C@H](CS(=O)(=O)O)CC[C@@H]1Nc1c(C(N)=O)cnn2cccc12. The maximum atomic E-state index is 11.8. The van der Waals surface area contributed by atoms with Gasteiger partial charge in [-0.3, -0.25) is 9.35 Å². The van der Waals surface area contributed by atoms with Gasteiger partial charge in [-0.05, 0) is 36.3 Å². The van der Waals surface area contributed by atoms with Crippen LogP contribution in [0, 0.1) is 11.3 Å². The highest BCUT2D eigenvalue weighted by Gasteiger charge is 2.45. The summed E-state index contributed by atoms with van der Waals surface area (Å²) in [6, 6.07) is 3.58. The lowest BCUT2D eigenvalue weighted by molar-refractivity contribution is 0.100. The van der Waals surface area contributed by atoms with Gasteiger partial charge in [0.1, 0.15) is 0 Å². The van der Waals surface area contributed by atoms with Crippen LogP contribution in [0.1, 0.15) is 37.0 Å². The number of hydrogen-bond acceptors (Lipinski definition) is 5. The number of hydrogen-bond donors (Lipinski definition) is 3. The van der Waals surface area contributed by atoms with E-state index in [-0.39, 0.29) is 17.7 Å². The number of amides is 1. The van der Waals surface area contributed by atoms with E-state index in [0.29, 0.717) is 17.7 Å². The maximum absolute atomic E-state index is 11.8. The van der Waals surface area contributed by atoms with E-state index in [9.17, 15) is 17.8 Å². The zero-order valence-corrected chi connectivity index (χ0v) is 15.0. The molecular weight excluding hydrogens is 344 g/mol. The molecule has 0 spiro atoms. The van der Waals surface area contributed by atoms with Crippen LogP contribution < -0.4 is 11.1 Å². The van der Waals surface area contributed by atoms with Crippen LogP contribution >= 0.6 is 0 Å². The van der Waals surface area contributed by atoms with Crippen LogP contribution in [0.5, 0.6) is 0 Å². The Balaban J connectivity index is 1.95. The summed E-state index contributed by atoms with van der Waals surface area (Å²) in [5.74, 6) is -1.02. The molecule has 1 fully saturated rings. The minimum absolute atomic E-state index is 0.0709. The molecule has 0 saturated heterocycles. The van der Waals surface area contributed by atoms with Crippen molar-refractivity contribution in [2.75, 3.05) is 11.1 Å². The summed E-state index contributed by atoms with van der Waals surface area (Å²) >= 11 is 0. The topological polar surface area (TPSA) is 127 Å².